The van der Waals surface area contributed by atoms with Gasteiger partial charge in [0.25, 0.3) is 5.91 Å². The third-order valence-corrected chi connectivity index (χ3v) is 7.14. The summed E-state index contributed by atoms with van der Waals surface area (Å²) in [4.78, 5) is 24.4. The fourth-order valence-electron chi connectivity index (χ4n) is 2.68. The van der Waals surface area contributed by atoms with E-state index < -0.39 is 0 Å². The molecule has 4 rings (SSSR count). The molecular formula is C19H13BrClN3O2S2. The van der Waals surface area contributed by atoms with Gasteiger partial charge in [-0.2, -0.15) is 0 Å². The molecule has 0 atom stereocenters. The van der Waals surface area contributed by atoms with E-state index >= 15 is 0 Å². The van der Waals surface area contributed by atoms with Gasteiger partial charge < -0.3 is 4.74 Å². The zero-order valence-corrected chi connectivity index (χ0v) is 18.5. The van der Waals surface area contributed by atoms with Crippen LogP contribution in [-0.2, 0) is 6.54 Å². The largest absolute Gasteiger partial charge is 0.494 e. The van der Waals surface area contributed by atoms with E-state index in [9.17, 15) is 4.79 Å². The third-order valence-electron chi connectivity index (χ3n) is 3.99. The lowest BCUT2D eigenvalue weighted by molar-refractivity contribution is 0.0989. The molecule has 9 heteroatoms. The summed E-state index contributed by atoms with van der Waals surface area (Å²) < 4.78 is 7.09. The van der Waals surface area contributed by atoms with Crippen molar-refractivity contribution in [1.29, 1.82) is 0 Å². The van der Waals surface area contributed by atoms with Crippen LogP contribution in [0.2, 0.25) is 5.02 Å². The van der Waals surface area contributed by atoms with Crippen LogP contribution in [0.5, 0.6) is 5.75 Å². The van der Waals surface area contributed by atoms with Crippen molar-refractivity contribution in [3.05, 3.63) is 68.0 Å². The number of aromatic nitrogens is 2. The lowest BCUT2D eigenvalue weighted by atomic mass is 10.2. The molecule has 0 saturated heterocycles. The molecule has 3 aromatic heterocycles. The number of ether oxygens (including phenoxy) is 1. The highest BCUT2D eigenvalue weighted by atomic mass is 79.9. The Balaban J connectivity index is 1.82. The Morgan fingerprint density at radius 3 is 2.79 bits per heavy atom. The molecule has 4 aromatic rings. The Bertz CT molecular complexity index is 1150. The number of benzene rings is 1. The molecule has 3 heterocycles. The molecule has 0 radical (unpaired) electrons. The molecule has 0 N–H and O–H groups in total. The standard InChI is InChI=1S/C19H13BrClN3O2S2/c1-26-13-5-4-12(21)17-16(13)23-19(28-17)24(10-11-3-2-8-22-9-11)18(25)14-6-7-15(20)27-14/h2-9H,10H2,1H3. The van der Waals surface area contributed by atoms with Gasteiger partial charge in [-0.25, -0.2) is 4.98 Å². The van der Waals surface area contributed by atoms with Crippen molar-refractivity contribution in [1.82, 2.24) is 9.97 Å². The maximum Gasteiger partial charge on any atom is 0.270 e. The monoisotopic (exact) mass is 493 g/mol. The summed E-state index contributed by atoms with van der Waals surface area (Å²) in [6, 6.07) is 11.0. The molecule has 28 heavy (non-hydrogen) atoms. The number of carbonyl (C=O) groups is 1. The van der Waals surface area contributed by atoms with Crippen molar-refractivity contribution in [3.63, 3.8) is 0 Å². The zero-order valence-electron chi connectivity index (χ0n) is 14.6. The number of hydrogen-bond donors (Lipinski definition) is 0. The van der Waals surface area contributed by atoms with Gasteiger partial charge >= 0.3 is 0 Å². The first-order chi connectivity index (χ1) is 13.6. The second-order valence-electron chi connectivity index (χ2n) is 5.78. The lowest BCUT2D eigenvalue weighted by Crippen LogP contribution is -2.29. The second-order valence-corrected chi connectivity index (χ2v) is 9.63. The van der Waals surface area contributed by atoms with Crippen LogP contribution < -0.4 is 9.64 Å². The van der Waals surface area contributed by atoms with Crippen LogP contribution in [0.15, 0.2) is 52.6 Å². The number of anilines is 1. The van der Waals surface area contributed by atoms with Crippen molar-refractivity contribution >= 4 is 71.5 Å². The van der Waals surface area contributed by atoms with Gasteiger partial charge in [0.05, 0.1) is 32.0 Å². The summed E-state index contributed by atoms with van der Waals surface area (Å²) in [6.07, 6.45) is 3.44. The van der Waals surface area contributed by atoms with Gasteiger partial charge in [0.15, 0.2) is 5.13 Å². The maximum atomic E-state index is 13.3. The van der Waals surface area contributed by atoms with Gasteiger partial charge in [0, 0.05) is 12.4 Å². The number of fused-ring (bicyclic) bond motifs is 1. The van der Waals surface area contributed by atoms with Crippen molar-refractivity contribution in [2.45, 2.75) is 6.54 Å². The Morgan fingerprint density at radius 2 is 2.11 bits per heavy atom. The molecular weight excluding hydrogens is 482 g/mol. The summed E-state index contributed by atoms with van der Waals surface area (Å²) in [6.45, 7) is 0.349. The number of nitrogens with zero attached hydrogens (tertiary/aromatic N) is 3. The number of thiophene rings is 1. The van der Waals surface area contributed by atoms with Gasteiger partial charge in [-0.3, -0.25) is 14.7 Å². The van der Waals surface area contributed by atoms with E-state index in [-0.39, 0.29) is 5.91 Å². The maximum absolute atomic E-state index is 13.3. The number of amides is 1. The van der Waals surface area contributed by atoms with Crippen LogP contribution in [-0.4, -0.2) is 23.0 Å². The molecule has 0 aliphatic rings. The normalized spacial score (nSPS) is 11.0. The average Bonchev–Trinajstić information content (AvgIpc) is 3.34. The summed E-state index contributed by atoms with van der Waals surface area (Å²) in [7, 11) is 1.59. The third kappa shape index (κ3) is 3.77. The molecule has 0 spiro atoms. The van der Waals surface area contributed by atoms with Crippen molar-refractivity contribution < 1.29 is 9.53 Å². The van der Waals surface area contributed by atoms with Gasteiger partial charge in [0.2, 0.25) is 0 Å². The van der Waals surface area contributed by atoms with Gasteiger partial charge in [0.1, 0.15) is 11.3 Å². The number of methoxy groups -OCH3 is 1. The summed E-state index contributed by atoms with van der Waals surface area (Å²) in [5, 5.41) is 1.13. The quantitative estimate of drug-likeness (QED) is 0.340. The Morgan fingerprint density at radius 1 is 1.25 bits per heavy atom. The Hall–Kier alpha value is -2.00. The van der Waals surface area contributed by atoms with Crippen molar-refractivity contribution in [2.24, 2.45) is 0 Å². The molecule has 0 unspecified atom stereocenters. The first-order valence-corrected chi connectivity index (χ1v) is 11.0. The van der Waals surface area contributed by atoms with Gasteiger partial charge in [-0.05, 0) is 51.8 Å². The van der Waals surface area contributed by atoms with Crippen LogP contribution in [0.4, 0.5) is 5.13 Å². The van der Waals surface area contributed by atoms with Gasteiger partial charge in [-0.15, -0.1) is 11.3 Å². The summed E-state index contributed by atoms with van der Waals surface area (Å²) in [5.74, 6) is 0.489. The minimum atomic E-state index is -0.131. The average molecular weight is 495 g/mol. The van der Waals surface area contributed by atoms with E-state index in [1.54, 1.807) is 42.6 Å². The smallest absolute Gasteiger partial charge is 0.270 e. The Labute approximate surface area is 182 Å². The molecule has 0 bridgehead atoms. The van der Waals surface area contributed by atoms with Crippen molar-refractivity contribution in [3.8, 4) is 5.75 Å². The molecule has 0 aliphatic carbocycles. The zero-order chi connectivity index (χ0) is 19.7. The second kappa shape index (κ2) is 8.16. The van der Waals surface area contributed by atoms with Crippen LogP contribution in [0.3, 0.4) is 0 Å². The molecule has 1 aromatic carbocycles. The van der Waals surface area contributed by atoms with Crippen LogP contribution in [0.25, 0.3) is 10.2 Å². The minimum Gasteiger partial charge on any atom is -0.494 e. The number of hydrogen-bond acceptors (Lipinski definition) is 6. The van der Waals surface area contributed by atoms with Crippen molar-refractivity contribution in [2.75, 3.05) is 12.0 Å². The fourth-order valence-corrected chi connectivity index (χ4v) is 5.27. The first-order valence-electron chi connectivity index (χ1n) is 8.16. The number of halogens is 2. The van der Waals surface area contributed by atoms with Crippen LogP contribution in [0.1, 0.15) is 15.2 Å². The fraction of sp³-hybridized carbons (Fsp3) is 0.105. The predicted molar refractivity (Wildman–Crippen MR) is 118 cm³/mol. The molecule has 0 aliphatic heterocycles. The number of rotatable bonds is 5. The molecule has 0 saturated carbocycles. The minimum absolute atomic E-state index is 0.131. The van der Waals surface area contributed by atoms with Gasteiger partial charge in [-0.1, -0.05) is 29.0 Å². The van der Waals surface area contributed by atoms with E-state index in [0.717, 1.165) is 14.0 Å². The molecule has 1 amide bonds. The van der Waals surface area contributed by atoms with E-state index in [4.69, 9.17) is 16.3 Å². The summed E-state index contributed by atoms with van der Waals surface area (Å²) in [5.41, 5.74) is 1.55. The molecule has 142 valence electrons. The number of carbonyl (C=O) groups excluding carboxylic acids is 1. The highest BCUT2D eigenvalue weighted by Gasteiger charge is 2.24. The topological polar surface area (TPSA) is 55.3 Å². The number of pyridine rings is 1. The first kappa shape index (κ1) is 19.3. The SMILES string of the molecule is COc1ccc(Cl)c2sc(N(Cc3cccnc3)C(=O)c3ccc(Br)s3)nc12. The number of thiazole rings is 1. The molecule has 0 fully saturated rings. The lowest BCUT2D eigenvalue weighted by Gasteiger charge is -2.19. The highest BCUT2D eigenvalue weighted by molar-refractivity contribution is 9.11. The van der Waals surface area contributed by atoms with Crippen LogP contribution >= 0.6 is 50.2 Å². The van der Waals surface area contributed by atoms with E-state index in [2.05, 4.69) is 25.9 Å². The van der Waals surface area contributed by atoms with Crippen LogP contribution in [0, 0.1) is 0 Å². The van der Waals surface area contributed by atoms with E-state index in [1.165, 1.54) is 22.7 Å². The van der Waals surface area contributed by atoms with E-state index in [0.29, 0.717) is 32.8 Å². The molecule has 5 nitrogen and oxygen atoms in total. The highest BCUT2D eigenvalue weighted by Crippen LogP contribution is 2.39. The Kier molecular flexibility index (Phi) is 5.63. The predicted octanol–water partition coefficient (Wildman–Crippen LogP) is 6.02. The summed E-state index contributed by atoms with van der Waals surface area (Å²) >= 11 is 12.5. The van der Waals surface area contributed by atoms with E-state index in [1.807, 2.05) is 18.2 Å².